The summed E-state index contributed by atoms with van der Waals surface area (Å²) >= 11 is 1.41. The van der Waals surface area contributed by atoms with E-state index < -0.39 is 24.2 Å². The van der Waals surface area contributed by atoms with Crippen LogP contribution in [-0.2, 0) is 6.54 Å². The Morgan fingerprint density at radius 1 is 1.41 bits per heavy atom. The van der Waals surface area contributed by atoms with Gasteiger partial charge in [-0.3, -0.25) is 0 Å². The van der Waals surface area contributed by atoms with E-state index in [1.807, 2.05) is 0 Å². The van der Waals surface area contributed by atoms with Gasteiger partial charge in [-0.15, -0.1) is 13.2 Å². The molecule has 1 heterocycles. The van der Waals surface area contributed by atoms with Crippen LogP contribution in [0.3, 0.4) is 0 Å². The number of alkyl halides is 5. The minimum absolute atomic E-state index is 0.224. The van der Waals surface area contributed by atoms with Crippen molar-refractivity contribution in [1.29, 1.82) is 0 Å². The van der Waals surface area contributed by atoms with Crippen molar-refractivity contribution >= 4 is 22.6 Å². The second-order valence-corrected chi connectivity index (χ2v) is 3.91. The lowest BCUT2D eigenvalue weighted by atomic mass is 10.2. The second kappa shape index (κ2) is 5.29. The summed E-state index contributed by atoms with van der Waals surface area (Å²) in [5, 5.41) is 0. The smallest absolute Gasteiger partial charge is 0.387 e. The van der Waals surface area contributed by atoms with Gasteiger partial charge >= 0.3 is 6.36 Å². The molecule has 0 aliphatic heterocycles. The maximum absolute atomic E-state index is 12.5. The topological polar surface area (TPSA) is 48.1 Å². The van der Waals surface area contributed by atoms with Gasteiger partial charge in [0.05, 0.1) is 5.56 Å². The molecule has 0 bridgehead atoms. The fourth-order valence-electron chi connectivity index (χ4n) is 1.03. The van der Waals surface area contributed by atoms with E-state index in [1.54, 1.807) is 0 Å². The Labute approximate surface area is 106 Å². The highest BCUT2D eigenvalue weighted by atomic mass is 127. The third kappa shape index (κ3) is 3.91. The molecule has 0 fully saturated rings. The number of pyridine rings is 1. The fourth-order valence-corrected chi connectivity index (χ4v) is 1.64. The maximum atomic E-state index is 12.5. The molecule has 0 aliphatic rings. The molecule has 2 N–H and O–H groups in total. The summed E-state index contributed by atoms with van der Waals surface area (Å²) in [6.07, 6.45) is -7.77. The summed E-state index contributed by atoms with van der Waals surface area (Å²) in [6.45, 7) is -0.380. The quantitative estimate of drug-likeness (QED) is 0.507. The number of ether oxygens (including phenoxy) is 1. The van der Waals surface area contributed by atoms with E-state index in [2.05, 4.69) is 9.72 Å². The molecule has 9 heteroatoms. The van der Waals surface area contributed by atoms with Gasteiger partial charge in [0.1, 0.15) is 3.70 Å². The Morgan fingerprint density at radius 3 is 2.41 bits per heavy atom. The van der Waals surface area contributed by atoms with Gasteiger partial charge in [-0.2, -0.15) is 0 Å². The van der Waals surface area contributed by atoms with Crippen molar-refractivity contribution < 1.29 is 26.7 Å². The number of hydrogen-bond donors (Lipinski definition) is 1. The van der Waals surface area contributed by atoms with Crippen molar-refractivity contribution in [2.75, 3.05) is 0 Å². The number of hydrogen-bond acceptors (Lipinski definition) is 3. The first-order valence-corrected chi connectivity index (χ1v) is 5.25. The lowest BCUT2D eigenvalue weighted by Gasteiger charge is -2.13. The van der Waals surface area contributed by atoms with Gasteiger partial charge in [0.15, 0.2) is 0 Å². The predicted molar refractivity (Wildman–Crippen MR) is 56.5 cm³/mol. The van der Waals surface area contributed by atoms with Gasteiger partial charge in [-0.05, 0) is 28.7 Å². The summed E-state index contributed by atoms with van der Waals surface area (Å²) in [5.41, 5.74) is 4.46. The van der Waals surface area contributed by atoms with Gasteiger partial charge in [0.25, 0.3) is 6.43 Å². The number of aromatic nitrogens is 1. The van der Waals surface area contributed by atoms with Crippen LogP contribution in [0.4, 0.5) is 22.0 Å². The average Bonchev–Trinajstić information content (AvgIpc) is 2.14. The monoisotopic (exact) mass is 368 g/mol. The highest BCUT2D eigenvalue weighted by Gasteiger charge is 2.33. The molecule has 0 atom stereocenters. The van der Waals surface area contributed by atoms with Crippen LogP contribution in [0.25, 0.3) is 0 Å². The zero-order valence-corrected chi connectivity index (χ0v) is 10.2. The van der Waals surface area contributed by atoms with Crippen LogP contribution in [0.5, 0.6) is 5.88 Å². The maximum Gasteiger partial charge on any atom is 0.574 e. The van der Waals surface area contributed by atoms with Crippen LogP contribution >= 0.6 is 22.6 Å². The first kappa shape index (κ1) is 14.4. The molecule has 96 valence electrons. The van der Waals surface area contributed by atoms with Crippen molar-refractivity contribution in [2.45, 2.75) is 19.3 Å². The predicted octanol–water partition coefficient (Wildman–Crippen LogP) is 2.98. The van der Waals surface area contributed by atoms with E-state index in [0.29, 0.717) is 0 Å². The van der Waals surface area contributed by atoms with E-state index >= 15 is 0 Å². The molecule has 0 unspecified atom stereocenters. The van der Waals surface area contributed by atoms with Gasteiger partial charge in [0, 0.05) is 12.1 Å². The van der Waals surface area contributed by atoms with Crippen molar-refractivity contribution in [2.24, 2.45) is 5.73 Å². The zero-order valence-electron chi connectivity index (χ0n) is 8.06. The van der Waals surface area contributed by atoms with E-state index in [0.717, 1.165) is 6.07 Å². The Morgan fingerprint density at radius 2 is 2.00 bits per heavy atom. The first-order chi connectivity index (χ1) is 7.74. The minimum atomic E-state index is -4.94. The molecule has 0 amide bonds. The molecule has 0 aromatic carbocycles. The number of rotatable bonds is 3. The summed E-state index contributed by atoms with van der Waals surface area (Å²) < 4.78 is 64.3. The summed E-state index contributed by atoms with van der Waals surface area (Å²) in [4.78, 5) is 3.33. The zero-order chi connectivity index (χ0) is 13.2. The SMILES string of the molecule is NCc1cc(C(F)F)c(I)nc1OC(F)(F)F. The standard InChI is InChI=1S/C8H6F5IN2O/c9-5(10)4-1-3(2-15)7(16-6(4)14)17-8(11,12)13/h1,5H,2,15H2. The third-order valence-corrected chi connectivity index (χ3v) is 2.57. The summed E-state index contributed by atoms with van der Waals surface area (Å²) in [7, 11) is 0. The van der Waals surface area contributed by atoms with Crippen LogP contribution < -0.4 is 10.5 Å². The lowest BCUT2D eigenvalue weighted by molar-refractivity contribution is -0.276. The van der Waals surface area contributed by atoms with Crippen LogP contribution in [0.1, 0.15) is 17.6 Å². The molecular formula is C8H6F5IN2O. The molecule has 0 saturated heterocycles. The molecule has 1 rings (SSSR count). The Kier molecular flexibility index (Phi) is 4.47. The van der Waals surface area contributed by atoms with Crippen molar-refractivity contribution in [3.8, 4) is 5.88 Å². The highest BCUT2D eigenvalue weighted by molar-refractivity contribution is 14.1. The molecule has 0 saturated carbocycles. The number of nitrogens with two attached hydrogens (primary N) is 1. The van der Waals surface area contributed by atoms with Crippen LogP contribution in [0, 0.1) is 3.70 Å². The van der Waals surface area contributed by atoms with E-state index in [-0.39, 0.29) is 15.8 Å². The summed E-state index contributed by atoms with van der Waals surface area (Å²) in [5.74, 6) is -0.797. The lowest BCUT2D eigenvalue weighted by Crippen LogP contribution is -2.20. The average molecular weight is 368 g/mol. The molecule has 1 aromatic heterocycles. The van der Waals surface area contributed by atoms with Gasteiger partial charge in [-0.25, -0.2) is 13.8 Å². The van der Waals surface area contributed by atoms with Gasteiger partial charge < -0.3 is 10.5 Å². The molecule has 1 aromatic rings. The van der Waals surface area contributed by atoms with Crippen molar-refractivity contribution in [1.82, 2.24) is 4.98 Å². The minimum Gasteiger partial charge on any atom is -0.387 e. The largest absolute Gasteiger partial charge is 0.574 e. The van der Waals surface area contributed by atoms with Crippen molar-refractivity contribution in [3.63, 3.8) is 0 Å². The van der Waals surface area contributed by atoms with E-state index in [9.17, 15) is 22.0 Å². The molecular weight excluding hydrogens is 362 g/mol. The molecule has 0 spiro atoms. The first-order valence-electron chi connectivity index (χ1n) is 4.18. The molecule has 3 nitrogen and oxygen atoms in total. The molecule has 0 radical (unpaired) electrons. The van der Waals surface area contributed by atoms with E-state index in [1.165, 1.54) is 22.6 Å². The number of nitrogens with zero attached hydrogens (tertiary/aromatic N) is 1. The molecule has 0 aliphatic carbocycles. The Bertz CT molecular complexity index is 410. The van der Waals surface area contributed by atoms with Crippen molar-refractivity contribution in [3.05, 3.63) is 20.9 Å². The second-order valence-electron chi connectivity index (χ2n) is 2.89. The fraction of sp³-hybridized carbons (Fsp3) is 0.375. The van der Waals surface area contributed by atoms with Crippen LogP contribution in [0.15, 0.2) is 6.07 Å². The van der Waals surface area contributed by atoms with Gasteiger partial charge in [-0.1, -0.05) is 0 Å². The Balaban J connectivity index is 3.19. The normalized spacial score (nSPS) is 12.0. The molecule has 17 heavy (non-hydrogen) atoms. The van der Waals surface area contributed by atoms with Crippen LogP contribution in [0.2, 0.25) is 0 Å². The van der Waals surface area contributed by atoms with Gasteiger partial charge in [0.2, 0.25) is 5.88 Å². The van der Waals surface area contributed by atoms with E-state index in [4.69, 9.17) is 5.73 Å². The Hall–Kier alpha value is -0.710. The highest BCUT2D eigenvalue weighted by Crippen LogP contribution is 2.30. The number of halogens is 6. The summed E-state index contributed by atoms with van der Waals surface area (Å²) in [6, 6.07) is 0.862. The third-order valence-electron chi connectivity index (χ3n) is 1.71. The van der Waals surface area contributed by atoms with Crippen LogP contribution in [-0.4, -0.2) is 11.3 Å².